The van der Waals surface area contributed by atoms with E-state index in [2.05, 4.69) is 15.6 Å². The first-order valence-electron chi connectivity index (χ1n) is 6.90. The molecule has 1 aromatic carbocycles. The van der Waals surface area contributed by atoms with Crippen molar-refractivity contribution in [1.82, 2.24) is 4.98 Å². The van der Waals surface area contributed by atoms with Crippen LogP contribution < -0.4 is 10.6 Å². The molecule has 6 heteroatoms. The van der Waals surface area contributed by atoms with Gasteiger partial charge in [-0.25, -0.2) is 9.37 Å². The van der Waals surface area contributed by atoms with Crippen molar-refractivity contribution in [3.8, 4) is 0 Å². The van der Waals surface area contributed by atoms with Crippen molar-refractivity contribution in [3.05, 3.63) is 54.0 Å². The van der Waals surface area contributed by atoms with Crippen LogP contribution in [-0.4, -0.2) is 31.2 Å². The monoisotopic (exact) mass is 303 g/mol. The van der Waals surface area contributed by atoms with Gasteiger partial charge in [0.1, 0.15) is 11.6 Å². The van der Waals surface area contributed by atoms with E-state index in [1.165, 1.54) is 12.1 Å². The molecule has 22 heavy (non-hydrogen) atoms. The summed E-state index contributed by atoms with van der Waals surface area (Å²) >= 11 is 0. The summed E-state index contributed by atoms with van der Waals surface area (Å²) in [6, 6.07) is 9.52. The van der Waals surface area contributed by atoms with Crippen molar-refractivity contribution in [3.63, 3.8) is 0 Å². The molecule has 0 spiro atoms. The maximum atomic E-state index is 13.1. The molecule has 0 aliphatic carbocycles. The Labute approximate surface area is 128 Å². The molecule has 1 aromatic heterocycles. The normalized spacial score (nSPS) is 10.3. The Hall–Kier alpha value is -2.47. The first-order chi connectivity index (χ1) is 10.7. The molecular weight excluding hydrogens is 285 g/mol. The lowest BCUT2D eigenvalue weighted by atomic mass is 10.1. The SMILES string of the molecule is COCCNc1ccc(NC(=O)Cc2cccc(F)c2)cn1. The van der Waals surface area contributed by atoms with Crippen molar-refractivity contribution in [1.29, 1.82) is 0 Å². The lowest BCUT2D eigenvalue weighted by Crippen LogP contribution is -2.15. The molecule has 5 nitrogen and oxygen atoms in total. The van der Waals surface area contributed by atoms with Gasteiger partial charge in [0, 0.05) is 13.7 Å². The van der Waals surface area contributed by atoms with Gasteiger partial charge in [0.25, 0.3) is 0 Å². The summed E-state index contributed by atoms with van der Waals surface area (Å²) < 4.78 is 18.0. The largest absolute Gasteiger partial charge is 0.383 e. The smallest absolute Gasteiger partial charge is 0.228 e. The third-order valence-electron chi connectivity index (χ3n) is 2.91. The Bertz CT molecular complexity index is 617. The average Bonchev–Trinajstić information content (AvgIpc) is 2.49. The minimum Gasteiger partial charge on any atom is -0.383 e. The van der Waals surface area contributed by atoms with Crippen LogP contribution in [0.15, 0.2) is 42.6 Å². The number of anilines is 2. The molecule has 2 N–H and O–H groups in total. The number of benzene rings is 1. The molecule has 1 amide bonds. The molecule has 0 saturated carbocycles. The number of hydrogen-bond acceptors (Lipinski definition) is 4. The number of nitrogens with one attached hydrogen (secondary N) is 2. The second-order valence-electron chi connectivity index (χ2n) is 4.71. The van der Waals surface area contributed by atoms with E-state index in [0.29, 0.717) is 30.2 Å². The van der Waals surface area contributed by atoms with Crippen LogP contribution in [0.1, 0.15) is 5.56 Å². The van der Waals surface area contributed by atoms with Crippen LogP contribution in [0.2, 0.25) is 0 Å². The molecule has 2 rings (SSSR count). The lowest BCUT2D eigenvalue weighted by Gasteiger charge is -2.07. The van der Waals surface area contributed by atoms with E-state index in [0.717, 1.165) is 0 Å². The second-order valence-corrected chi connectivity index (χ2v) is 4.71. The van der Waals surface area contributed by atoms with Crippen molar-refractivity contribution in [2.45, 2.75) is 6.42 Å². The highest BCUT2D eigenvalue weighted by molar-refractivity contribution is 5.92. The Kier molecular flexibility index (Phi) is 5.85. The molecule has 0 atom stereocenters. The fourth-order valence-electron chi connectivity index (χ4n) is 1.89. The maximum Gasteiger partial charge on any atom is 0.228 e. The van der Waals surface area contributed by atoms with Gasteiger partial charge in [-0.2, -0.15) is 0 Å². The Morgan fingerprint density at radius 3 is 2.86 bits per heavy atom. The highest BCUT2D eigenvalue weighted by atomic mass is 19.1. The Morgan fingerprint density at radius 1 is 1.32 bits per heavy atom. The van der Waals surface area contributed by atoms with E-state index in [9.17, 15) is 9.18 Å². The van der Waals surface area contributed by atoms with Crippen LogP contribution in [0, 0.1) is 5.82 Å². The van der Waals surface area contributed by atoms with E-state index in [-0.39, 0.29) is 18.1 Å². The standard InChI is InChI=1S/C16H18FN3O2/c1-22-8-7-18-15-6-5-14(11-19-15)20-16(21)10-12-3-2-4-13(17)9-12/h2-6,9,11H,7-8,10H2,1H3,(H,18,19)(H,20,21). The van der Waals surface area contributed by atoms with Crippen molar-refractivity contribution in [2.24, 2.45) is 0 Å². The first kappa shape index (κ1) is 15.9. The minimum atomic E-state index is -0.349. The number of hydrogen-bond donors (Lipinski definition) is 2. The number of methoxy groups -OCH3 is 1. The second kappa shape index (κ2) is 8.09. The molecular formula is C16H18FN3O2. The number of amides is 1. The summed E-state index contributed by atoms with van der Waals surface area (Å²) in [7, 11) is 1.63. The minimum absolute atomic E-state index is 0.117. The summed E-state index contributed by atoms with van der Waals surface area (Å²) in [4.78, 5) is 16.1. The van der Waals surface area contributed by atoms with Gasteiger partial charge in [-0.3, -0.25) is 4.79 Å². The maximum absolute atomic E-state index is 13.1. The van der Waals surface area contributed by atoms with Gasteiger partial charge >= 0.3 is 0 Å². The summed E-state index contributed by atoms with van der Waals surface area (Å²) in [5.74, 6) is 0.145. The van der Waals surface area contributed by atoms with Gasteiger partial charge in [-0.1, -0.05) is 12.1 Å². The predicted molar refractivity (Wildman–Crippen MR) is 83.3 cm³/mol. The van der Waals surface area contributed by atoms with Crippen molar-refractivity contribution in [2.75, 3.05) is 30.9 Å². The van der Waals surface area contributed by atoms with Crippen LogP contribution >= 0.6 is 0 Å². The molecule has 116 valence electrons. The van der Waals surface area contributed by atoms with E-state index in [1.807, 2.05) is 0 Å². The van der Waals surface area contributed by atoms with E-state index in [4.69, 9.17) is 4.74 Å². The summed E-state index contributed by atoms with van der Waals surface area (Å²) in [6.45, 7) is 1.25. The zero-order chi connectivity index (χ0) is 15.8. The van der Waals surface area contributed by atoms with Gasteiger partial charge in [0.2, 0.25) is 5.91 Å². The number of ether oxygens (including phenoxy) is 1. The van der Waals surface area contributed by atoms with Gasteiger partial charge in [0.15, 0.2) is 0 Å². The molecule has 0 radical (unpaired) electrons. The molecule has 0 aliphatic heterocycles. The first-order valence-corrected chi connectivity index (χ1v) is 6.90. The van der Waals surface area contributed by atoms with Gasteiger partial charge in [-0.15, -0.1) is 0 Å². The number of pyridine rings is 1. The van der Waals surface area contributed by atoms with Gasteiger partial charge in [-0.05, 0) is 29.8 Å². The van der Waals surface area contributed by atoms with Crippen molar-refractivity contribution >= 4 is 17.4 Å². The van der Waals surface area contributed by atoms with Crippen LogP contribution in [0.4, 0.5) is 15.9 Å². The third-order valence-corrected chi connectivity index (χ3v) is 2.91. The quantitative estimate of drug-likeness (QED) is 0.771. The zero-order valence-corrected chi connectivity index (χ0v) is 12.3. The number of carbonyl (C=O) groups is 1. The van der Waals surface area contributed by atoms with E-state index < -0.39 is 0 Å². The molecule has 1 heterocycles. The van der Waals surface area contributed by atoms with E-state index >= 15 is 0 Å². The van der Waals surface area contributed by atoms with E-state index in [1.54, 1.807) is 37.6 Å². The Balaban J connectivity index is 1.86. The van der Waals surface area contributed by atoms with Crippen LogP contribution in [0.5, 0.6) is 0 Å². The third kappa shape index (κ3) is 5.14. The topological polar surface area (TPSA) is 63.2 Å². The molecule has 0 unspecified atom stereocenters. The van der Waals surface area contributed by atoms with Crippen molar-refractivity contribution < 1.29 is 13.9 Å². The molecule has 2 aromatic rings. The highest BCUT2D eigenvalue weighted by Gasteiger charge is 2.05. The lowest BCUT2D eigenvalue weighted by molar-refractivity contribution is -0.115. The van der Waals surface area contributed by atoms with Gasteiger partial charge in [0.05, 0.1) is 24.9 Å². The van der Waals surface area contributed by atoms with Gasteiger partial charge < -0.3 is 15.4 Å². The van der Waals surface area contributed by atoms with Crippen LogP contribution in [0.25, 0.3) is 0 Å². The van der Waals surface area contributed by atoms with Crippen LogP contribution in [-0.2, 0) is 16.0 Å². The summed E-state index contributed by atoms with van der Waals surface area (Å²) in [6.07, 6.45) is 1.68. The number of nitrogens with zero attached hydrogens (tertiary/aromatic N) is 1. The molecule has 0 bridgehead atoms. The predicted octanol–water partition coefficient (Wildman–Crippen LogP) is 2.46. The number of halogens is 1. The average molecular weight is 303 g/mol. The highest BCUT2D eigenvalue weighted by Crippen LogP contribution is 2.11. The fraction of sp³-hybridized carbons (Fsp3) is 0.250. The molecule has 0 fully saturated rings. The zero-order valence-electron chi connectivity index (χ0n) is 12.3. The number of rotatable bonds is 7. The molecule has 0 saturated heterocycles. The summed E-state index contributed by atoms with van der Waals surface area (Å²) in [5, 5.41) is 5.81. The Morgan fingerprint density at radius 2 is 2.18 bits per heavy atom. The fourth-order valence-corrected chi connectivity index (χ4v) is 1.89. The number of aromatic nitrogens is 1. The number of carbonyl (C=O) groups excluding carboxylic acids is 1. The molecule has 0 aliphatic rings. The summed E-state index contributed by atoms with van der Waals surface area (Å²) in [5.41, 5.74) is 1.22. The van der Waals surface area contributed by atoms with Crippen LogP contribution in [0.3, 0.4) is 0 Å².